The van der Waals surface area contributed by atoms with E-state index in [0.29, 0.717) is 24.8 Å². The molecule has 1 unspecified atom stereocenters. The molecule has 1 aliphatic carbocycles. The number of benzene rings is 1. The molecule has 1 atom stereocenters. The van der Waals surface area contributed by atoms with Crippen molar-refractivity contribution >= 4 is 17.7 Å². The predicted molar refractivity (Wildman–Crippen MR) is 126 cm³/mol. The zero-order chi connectivity index (χ0) is 25.6. The highest BCUT2D eigenvalue weighted by Crippen LogP contribution is 2.55. The Morgan fingerprint density at radius 2 is 1.74 bits per heavy atom. The van der Waals surface area contributed by atoms with Gasteiger partial charge >= 0.3 is 5.92 Å². The van der Waals surface area contributed by atoms with Gasteiger partial charge in [-0.2, -0.15) is 8.78 Å². The lowest BCUT2D eigenvalue weighted by molar-refractivity contribution is -0.231. The van der Waals surface area contributed by atoms with Crippen LogP contribution in [0.2, 0.25) is 0 Å². The summed E-state index contributed by atoms with van der Waals surface area (Å²) in [4.78, 5) is 26.7. The van der Waals surface area contributed by atoms with Gasteiger partial charge in [-0.3, -0.25) is 14.9 Å². The first kappa shape index (κ1) is 25.3. The number of halogens is 2. The molecule has 190 valence electrons. The number of nitrogens with zero attached hydrogens (tertiary/aromatic N) is 2. The number of carbonyl (C=O) groups excluding carboxylic acids is 2. The number of carbonyl (C=O) groups is 2. The van der Waals surface area contributed by atoms with Crippen LogP contribution in [0.25, 0.3) is 0 Å². The maximum absolute atomic E-state index is 15.7. The lowest BCUT2D eigenvalue weighted by Gasteiger charge is -2.51. The van der Waals surface area contributed by atoms with Gasteiger partial charge in [0.25, 0.3) is 11.8 Å². The van der Waals surface area contributed by atoms with Gasteiger partial charge in [0.2, 0.25) is 5.88 Å². The standard InChI is InChI=1S/C26H33F2N3O4/c1-23(2)14-24(3,4)16-25(34,15-23)26(27,28)22(33)31-12-8-11-19(31)18-13-20(35-30-18)29-21(32)17-9-6-5-7-10-17/h5-7,9-10,13,19,34H,8,11-12,14-16H2,1-4H3,(H,29,32). The summed E-state index contributed by atoms with van der Waals surface area (Å²) in [5.41, 5.74) is -2.81. The molecule has 1 aromatic heterocycles. The van der Waals surface area contributed by atoms with Gasteiger partial charge in [-0.05, 0) is 55.1 Å². The third kappa shape index (κ3) is 4.96. The topological polar surface area (TPSA) is 95.7 Å². The molecule has 2 aromatic rings. The summed E-state index contributed by atoms with van der Waals surface area (Å²) in [7, 11) is 0. The SMILES string of the molecule is CC1(C)CC(C)(C)CC(O)(C(F)(F)C(=O)N2CCCC2c2cc(NC(=O)c3ccccc3)on2)C1. The Balaban J connectivity index is 1.53. The van der Waals surface area contributed by atoms with Gasteiger partial charge in [0.1, 0.15) is 11.3 Å². The van der Waals surface area contributed by atoms with Crippen molar-refractivity contribution in [1.82, 2.24) is 10.1 Å². The minimum Gasteiger partial charge on any atom is -0.383 e. The summed E-state index contributed by atoms with van der Waals surface area (Å²) >= 11 is 0. The fourth-order valence-electron chi connectivity index (χ4n) is 6.26. The van der Waals surface area contributed by atoms with Crippen molar-refractivity contribution in [2.45, 2.75) is 77.4 Å². The Morgan fingerprint density at radius 1 is 1.11 bits per heavy atom. The molecule has 1 aliphatic heterocycles. The van der Waals surface area contributed by atoms with Crippen LogP contribution in [-0.2, 0) is 4.79 Å². The molecule has 9 heteroatoms. The van der Waals surface area contributed by atoms with Gasteiger partial charge in [0, 0.05) is 18.2 Å². The van der Waals surface area contributed by atoms with E-state index < -0.39 is 40.2 Å². The zero-order valence-electron chi connectivity index (χ0n) is 20.6. The molecule has 1 saturated heterocycles. The fourth-order valence-corrected chi connectivity index (χ4v) is 6.26. The highest BCUT2D eigenvalue weighted by atomic mass is 19.3. The molecular weight excluding hydrogens is 456 g/mol. The second-order valence-electron chi connectivity index (χ2n) is 11.6. The van der Waals surface area contributed by atoms with E-state index in [9.17, 15) is 14.7 Å². The number of nitrogens with one attached hydrogen (secondary N) is 1. The minimum absolute atomic E-state index is 0.0642. The molecule has 4 rings (SSSR count). The van der Waals surface area contributed by atoms with Crippen LogP contribution in [0.5, 0.6) is 0 Å². The van der Waals surface area contributed by atoms with Crippen LogP contribution in [0.1, 0.15) is 81.9 Å². The number of aliphatic hydroxyl groups is 1. The maximum Gasteiger partial charge on any atom is 0.352 e. The van der Waals surface area contributed by atoms with Crippen LogP contribution < -0.4 is 5.32 Å². The number of aromatic nitrogens is 1. The third-order valence-corrected chi connectivity index (χ3v) is 7.01. The van der Waals surface area contributed by atoms with Crippen molar-refractivity contribution in [3.8, 4) is 0 Å². The van der Waals surface area contributed by atoms with Gasteiger partial charge in [-0.25, -0.2) is 0 Å². The quantitative estimate of drug-likeness (QED) is 0.602. The molecule has 7 nitrogen and oxygen atoms in total. The van der Waals surface area contributed by atoms with Gasteiger partial charge in [-0.1, -0.05) is 51.1 Å². The molecule has 2 aliphatic rings. The van der Waals surface area contributed by atoms with Crippen LogP contribution in [0.4, 0.5) is 14.7 Å². The van der Waals surface area contributed by atoms with Crippen LogP contribution in [0.15, 0.2) is 40.9 Å². The number of hydrogen-bond acceptors (Lipinski definition) is 5. The second kappa shape index (κ2) is 8.69. The van der Waals surface area contributed by atoms with Crippen molar-refractivity contribution in [2.24, 2.45) is 10.8 Å². The Hall–Kier alpha value is -2.81. The predicted octanol–water partition coefficient (Wildman–Crippen LogP) is 5.19. The van der Waals surface area contributed by atoms with E-state index in [4.69, 9.17) is 4.52 Å². The Labute approximate surface area is 203 Å². The van der Waals surface area contributed by atoms with Crippen molar-refractivity contribution in [3.05, 3.63) is 47.7 Å². The molecule has 35 heavy (non-hydrogen) atoms. The second-order valence-corrected chi connectivity index (χ2v) is 11.6. The lowest BCUT2D eigenvalue weighted by atomic mass is 9.58. The molecule has 0 bridgehead atoms. The minimum atomic E-state index is -3.96. The highest BCUT2D eigenvalue weighted by Gasteiger charge is 2.65. The average Bonchev–Trinajstić information content (AvgIpc) is 3.40. The lowest BCUT2D eigenvalue weighted by Crippen LogP contribution is -2.62. The smallest absolute Gasteiger partial charge is 0.352 e. The molecule has 2 fully saturated rings. The number of alkyl halides is 2. The molecule has 2 amide bonds. The maximum atomic E-state index is 15.7. The molecule has 0 spiro atoms. The normalized spacial score (nSPS) is 23.2. The first-order valence-corrected chi connectivity index (χ1v) is 12.0. The summed E-state index contributed by atoms with van der Waals surface area (Å²) in [5.74, 6) is -5.69. The van der Waals surface area contributed by atoms with Crippen molar-refractivity contribution in [3.63, 3.8) is 0 Å². The first-order chi connectivity index (χ1) is 16.2. The largest absolute Gasteiger partial charge is 0.383 e. The summed E-state index contributed by atoms with van der Waals surface area (Å²) in [6.07, 6.45) is 1.28. The van der Waals surface area contributed by atoms with E-state index in [0.717, 1.165) is 4.90 Å². The molecule has 1 aromatic carbocycles. The Kier molecular flexibility index (Phi) is 6.28. The van der Waals surface area contributed by atoms with Crippen LogP contribution >= 0.6 is 0 Å². The fraction of sp³-hybridized carbons (Fsp3) is 0.577. The number of anilines is 1. The average molecular weight is 490 g/mol. The molecular formula is C26H33F2N3O4. The van der Waals surface area contributed by atoms with Crippen LogP contribution in [0, 0.1) is 10.8 Å². The monoisotopic (exact) mass is 489 g/mol. The van der Waals surface area contributed by atoms with Gasteiger partial charge < -0.3 is 14.5 Å². The van der Waals surface area contributed by atoms with Gasteiger partial charge in [-0.15, -0.1) is 0 Å². The first-order valence-electron chi connectivity index (χ1n) is 12.0. The summed E-state index contributed by atoms with van der Waals surface area (Å²) in [6, 6.07) is 9.26. The number of amides is 2. The Morgan fingerprint density at radius 3 is 2.37 bits per heavy atom. The summed E-state index contributed by atoms with van der Waals surface area (Å²) in [6.45, 7) is 7.51. The number of rotatable bonds is 5. The third-order valence-electron chi connectivity index (χ3n) is 7.01. The summed E-state index contributed by atoms with van der Waals surface area (Å²) < 4.78 is 36.7. The van der Waals surface area contributed by atoms with Crippen molar-refractivity contribution in [1.29, 1.82) is 0 Å². The van der Waals surface area contributed by atoms with E-state index >= 15 is 8.78 Å². The van der Waals surface area contributed by atoms with Crippen LogP contribution in [0.3, 0.4) is 0 Å². The van der Waals surface area contributed by atoms with E-state index in [2.05, 4.69) is 10.5 Å². The van der Waals surface area contributed by atoms with E-state index in [1.165, 1.54) is 6.07 Å². The van der Waals surface area contributed by atoms with Crippen molar-refractivity contribution < 1.29 is 28.0 Å². The van der Waals surface area contributed by atoms with Gasteiger partial charge in [0.15, 0.2) is 0 Å². The zero-order valence-corrected chi connectivity index (χ0v) is 20.6. The van der Waals surface area contributed by atoms with E-state index in [1.807, 2.05) is 27.7 Å². The number of hydrogen-bond donors (Lipinski definition) is 2. The molecule has 0 radical (unpaired) electrons. The molecule has 1 saturated carbocycles. The van der Waals surface area contributed by atoms with Gasteiger partial charge in [0.05, 0.1) is 6.04 Å². The Bertz CT molecular complexity index is 1080. The molecule has 2 N–H and O–H groups in total. The van der Waals surface area contributed by atoms with Crippen molar-refractivity contribution in [2.75, 3.05) is 11.9 Å². The highest BCUT2D eigenvalue weighted by molar-refractivity contribution is 6.03. The van der Waals surface area contributed by atoms with Crippen LogP contribution in [-0.4, -0.2) is 45.0 Å². The number of likely N-dealkylation sites (tertiary alicyclic amines) is 1. The summed E-state index contributed by atoms with van der Waals surface area (Å²) in [5, 5.41) is 17.7. The van der Waals surface area contributed by atoms with E-state index in [-0.39, 0.29) is 31.0 Å². The van der Waals surface area contributed by atoms with E-state index in [1.54, 1.807) is 30.3 Å². The molecule has 2 heterocycles.